The number of hydrogen-bond acceptors (Lipinski definition) is 5. The number of halogens is 2. The average Bonchev–Trinajstić information content (AvgIpc) is 2.94. The Morgan fingerprint density at radius 1 is 1.33 bits per heavy atom. The van der Waals surface area contributed by atoms with Crippen molar-refractivity contribution in [1.29, 1.82) is 0 Å². The maximum Gasteiger partial charge on any atom is 0.288 e. The first-order valence-corrected chi connectivity index (χ1v) is 7.95. The minimum absolute atomic E-state index is 0.0575. The fraction of sp³-hybridized carbons (Fsp3) is 0.214. The molecule has 1 aliphatic rings. The molecule has 3 rings (SSSR count). The highest BCUT2D eigenvalue weighted by molar-refractivity contribution is 7.99. The molecule has 0 atom stereocenters. The van der Waals surface area contributed by atoms with E-state index in [1.165, 1.54) is 11.5 Å². The van der Waals surface area contributed by atoms with E-state index in [-0.39, 0.29) is 5.78 Å². The van der Waals surface area contributed by atoms with E-state index >= 15 is 0 Å². The van der Waals surface area contributed by atoms with Crippen LogP contribution in [0.2, 0.25) is 0 Å². The van der Waals surface area contributed by atoms with Crippen LogP contribution in [0.3, 0.4) is 0 Å². The molecule has 1 heterocycles. The van der Waals surface area contributed by atoms with E-state index in [0.717, 1.165) is 5.56 Å². The molecule has 0 bridgehead atoms. The summed E-state index contributed by atoms with van der Waals surface area (Å²) < 4.78 is 28.5. The van der Waals surface area contributed by atoms with Gasteiger partial charge in [-0.15, -0.1) is 5.10 Å². The van der Waals surface area contributed by atoms with Gasteiger partial charge in [0.05, 0.1) is 5.69 Å². The first-order valence-electron chi connectivity index (χ1n) is 6.23. The first-order chi connectivity index (χ1) is 10.1. The van der Waals surface area contributed by atoms with E-state index in [9.17, 15) is 13.6 Å². The first kappa shape index (κ1) is 14.3. The number of aromatic nitrogens is 2. The van der Waals surface area contributed by atoms with Crippen LogP contribution in [0, 0.1) is 0 Å². The monoisotopic (exact) mass is 324 g/mol. The number of benzene rings is 1. The molecule has 1 aromatic carbocycles. The molecule has 1 aliphatic carbocycles. The molecular formula is C14H10F2N2OS2. The number of nitrogens with zero attached hydrogens (tertiary/aromatic N) is 2. The van der Waals surface area contributed by atoms with Crippen molar-refractivity contribution >= 4 is 35.2 Å². The molecule has 0 N–H and O–H groups in total. The van der Waals surface area contributed by atoms with Gasteiger partial charge in [-0.25, -0.2) is 0 Å². The number of hydrogen-bond donors (Lipinski definition) is 0. The Morgan fingerprint density at radius 3 is 2.90 bits per heavy atom. The van der Waals surface area contributed by atoms with E-state index in [1.807, 2.05) is 0 Å². The van der Waals surface area contributed by atoms with Gasteiger partial charge in [-0.05, 0) is 54.2 Å². The predicted octanol–water partition coefficient (Wildman–Crippen LogP) is 4.07. The Hall–Kier alpha value is -1.60. The SMILES string of the molecule is O=C1/C(=C/c2csnn2)CCc2cc(SC(F)F)ccc21. The molecule has 3 nitrogen and oxygen atoms in total. The van der Waals surface area contributed by atoms with Gasteiger partial charge in [0.1, 0.15) is 0 Å². The second-order valence-corrected chi connectivity index (χ2v) is 6.20. The lowest BCUT2D eigenvalue weighted by Gasteiger charge is -2.18. The predicted molar refractivity (Wildman–Crippen MR) is 78.8 cm³/mol. The molecule has 7 heteroatoms. The molecule has 0 spiro atoms. The van der Waals surface area contributed by atoms with Gasteiger partial charge in [0, 0.05) is 21.4 Å². The zero-order valence-electron chi connectivity index (χ0n) is 10.8. The molecule has 0 amide bonds. The molecule has 0 unspecified atom stereocenters. The van der Waals surface area contributed by atoms with Crippen molar-refractivity contribution < 1.29 is 13.6 Å². The van der Waals surface area contributed by atoms with Gasteiger partial charge in [0.25, 0.3) is 5.76 Å². The third-order valence-electron chi connectivity index (χ3n) is 3.20. The summed E-state index contributed by atoms with van der Waals surface area (Å²) in [6.45, 7) is 0. The normalized spacial score (nSPS) is 16.5. The van der Waals surface area contributed by atoms with Crippen LogP contribution in [0.4, 0.5) is 8.78 Å². The van der Waals surface area contributed by atoms with Crippen LogP contribution < -0.4 is 0 Å². The van der Waals surface area contributed by atoms with Gasteiger partial charge in [0.15, 0.2) is 5.78 Å². The van der Waals surface area contributed by atoms with Crippen LogP contribution in [0.15, 0.2) is 34.0 Å². The smallest absolute Gasteiger partial charge is 0.288 e. The number of fused-ring (bicyclic) bond motifs is 1. The fourth-order valence-corrected chi connectivity index (χ4v) is 3.26. The molecule has 1 aromatic heterocycles. The number of ketones is 1. The molecule has 0 saturated carbocycles. The number of allylic oxidation sites excluding steroid dienone is 1. The average molecular weight is 324 g/mol. The van der Waals surface area contributed by atoms with E-state index in [0.29, 0.717) is 46.3 Å². The Balaban J connectivity index is 1.89. The maximum absolute atomic E-state index is 12.4. The standard InChI is InChI=1S/C14H10F2N2OS2/c15-14(16)21-11-3-4-12-8(6-11)1-2-9(13(12)19)5-10-7-20-18-17-10/h3-7,14H,1-2H2/b9-5+. The van der Waals surface area contributed by atoms with Crippen molar-refractivity contribution in [2.45, 2.75) is 23.5 Å². The number of thioether (sulfide) groups is 1. The molecule has 0 aliphatic heterocycles. The van der Waals surface area contributed by atoms with Gasteiger partial charge in [-0.1, -0.05) is 16.3 Å². The van der Waals surface area contributed by atoms with Crippen LogP contribution in [0.25, 0.3) is 6.08 Å². The summed E-state index contributed by atoms with van der Waals surface area (Å²) in [6.07, 6.45) is 3.00. The quantitative estimate of drug-likeness (QED) is 0.630. The van der Waals surface area contributed by atoms with E-state index in [1.54, 1.807) is 29.7 Å². The molecule has 0 radical (unpaired) electrons. The highest BCUT2D eigenvalue weighted by atomic mass is 32.2. The third-order valence-corrected chi connectivity index (χ3v) is 4.43. The highest BCUT2D eigenvalue weighted by Gasteiger charge is 2.22. The summed E-state index contributed by atoms with van der Waals surface area (Å²) in [6, 6.07) is 4.89. The summed E-state index contributed by atoms with van der Waals surface area (Å²) >= 11 is 1.73. The van der Waals surface area contributed by atoms with Crippen molar-refractivity contribution in [2.75, 3.05) is 0 Å². The van der Waals surface area contributed by atoms with Crippen molar-refractivity contribution in [2.24, 2.45) is 0 Å². The maximum atomic E-state index is 12.4. The topological polar surface area (TPSA) is 42.9 Å². The van der Waals surface area contributed by atoms with E-state index < -0.39 is 5.76 Å². The van der Waals surface area contributed by atoms with Crippen LogP contribution >= 0.6 is 23.3 Å². The fourth-order valence-electron chi connectivity index (χ4n) is 2.28. The van der Waals surface area contributed by atoms with Gasteiger partial charge in [-0.2, -0.15) is 8.78 Å². The van der Waals surface area contributed by atoms with Gasteiger partial charge < -0.3 is 0 Å². The van der Waals surface area contributed by atoms with Crippen molar-refractivity contribution in [1.82, 2.24) is 9.59 Å². The largest absolute Gasteiger partial charge is 0.289 e. The Kier molecular flexibility index (Phi) is 4.12. The molecule has 21 heavy (non-hydrogen) atoms. The van der Waals surface area contributed by atoms with Gasteiger partial charge >= 0.3 is 0 Å². The lowest BCUT2D eigenvalue weighted by atomic mass is 9.86. The summed E-state index contributed by atoms with van der Waals surface area (Å²) in [4.78, 5) is 12.9. The minimum Gasteiger partial charge on any atom is -0.289 e. The number of rotatable bonds is 3. The number of Topliss-reactive ketones (excluding diaryl/α,β-unsaturated/α-hetero) is 1. The van der Waals surface area contributed by atoms with Crippen LogP contribution in [0.1, 0.15) is 28.0 Å². The second kappa shape index (κ2) is 6.03. The lowest BCUT2D eigenvalue weighted by molar-refractivity contribution is 0.102. The number of alkyl halides is 2. The zero-order valence-corrected chi connectivity index (χ0v) is 12.4. The Labute approximate surface area is 128 Å². The van der Waals surface area contributed by atoms with Crippen molar-refractivity contribution in [3.8, 4) is 0 Å². The Morgan fingerprint density at radius 2 is 2.19 bits per heavy atom. The number of aryl methyl sites for hydroxylation is 1. The summed E-state index contributed by atoms with van der Waals surface area (Å²) in [5.41, 5.74) is 2.79. The second-order valence-electron chi connectivity index (χ2n) is 4.53. The number of carbonyl (C=O) groups is 1. The van der Waals surface area contributed by atoms with E-state index in [4.69, 9.17) is 0 Å². The summed E-state index contributed by atoms with van der Waals surface area (Å²) in [5.74, 6) is -2.51. The molecule has 2 aromatic rings. The molecular weight excluding hydrogens is 314 g/mol. The number of carbonyl (C=O) groups excluding carboxylic acids is 1. The van der Waals surface area contributed by atoms with Crippen molar-refractivity contribution in [3.63, 3.8) is 0 Å². The highest BCUT2D eigenvalue weighted by Crippen LogP contribution is 2.32. The van der Waals surface area contributed by atoms with Gasteiger partial charge in [0.2, 0.25) is 0 Å². The summed E-state index contributed by atoms with van der Waals surface area (Å²) in [7, 11) is 0. The lowest BCUT2D eigenvalue weighted by Crippen LogP contribution is -2.14. The van der Waals surface area contributed by atoms with Crippen LogP contribution in [0.5, 0.6) is 0 Å². The molecule has 108 valence electrons. The third kappa shape index (κ3) is 3.19. The van der Waals surface area contributed by atoms with Crippen LogP contribution in [-0.4, -0.2) is 21.1 Å². The summed E-state index contributed by atoms with van der Waals surface area (Å²) in [5, 5.41) is 5.68. The van der Waals surface area contributed by atoms with Crippen LogP contribution in [-0.2, 0) is 6.42 Å². The molecule has 0 fully saturated rings. The zero-order chi connectivity index (χ0) is 14.8. The van der Waals surface area contributed by atoms with E-state index in [2.05, 4.69) is 9.59 Å². The van der Waals surface area contributed by atoms with Crippen molar-refractivity contribution in [3.05, 3.63) is 46.0 Å². The molecule has 0 saturated heterocycles. The Bertz CT molecular complexity index is 699. The minimum atomic E-state index is -2.45. The van der Waals surface area contributed by atoms with Gasteiger partial charge in [-0.3, -0.25) is 4.79 Å².